The van der Waals surface area contributed by atoms with Gasteiger partial charge in [-0.25, -0.2) is 0 Å². The first-order valence-electron chi connectivity index (χ1n) is 24.6. The zero-order valence-electron chi connectivity index (χ0n) is 40.8. The molecule has 4 heterocycles. The molecule has 3 nitrogen and oxygen atoms in total. The molecule has 2 aliphatic heterocycles. The predicted octanol–water partition coefficient (Wildman–Crippen LogP) is 15.6. The lowest BCUT2D eigenvalue weighted by Gasteiger charge is -2.43. The third-order valence-electron chi connectivity index (χ3n) is 16.7. The van der Waals surface area contributed by atoms with Crippen LogP contribution in [0, 0.1) is 0 Å². The second-order valence-electron chi connectivity index (χ2n) is 23.3. The minimum Gasteiger partial charge on any atom is -0.464 e. The van der Waals surface area contributed by atoms with Crippen LogP contribution in [0.25, 0.3) is 83.0 Å². The van der Waals surface area contributed by atoms with Gasteiger partial charge in [0.05, 0.1) is 17.3 Å². The van der Waals surface area contributed by atoms with E-state index in [1.54, 1.807) is 0 Å². The summed E-state index contributed by atoms with van der Waals surface area (Å²) in [7, 11) is 0. The lowest BCUT2D eigenvalue weighted by molar-refractivity contribution is 0.590. The van der Waals surface area contributed by atoms with Crippen LogP contribution in [-0.4, -0.2) is 11.4 Å². The maximum atomic E-state index is 6.70. The summed E-state index contributed by atoms with van der Waals surface area (Å²) in [5, 5.41) is 3.83. The number of hydrogen-bond acceptors (Lipinski definition) is 2. The highest BCUT2D eigenvalue weighted by Gasteiger charge is 2.51. The van der Waals surface area contributed by atoms with Crippen LogP contribution in [0.3, 0.4) is 0 Å². The molecule has 0 saturated heterocycles. The molecule has 14 rings (SSSR count). The molecule has 10 aromatic rings. The summed E-state index contributed by atoms with van der Waals surface area (Å²) in [5.74, 6) is 0. The summed E-state index contributed by atoms with van der Waals surface area (Å²) >= 11 is 0. The van der Waals surface area contributed by atoms with E-state index in [2.05, 4.69) is 224 Å². The highest BCUT2D eigenvalue weighted by Crippen LogP contribution is 2.61. The summed E-state index contributed by atoms with van der Waals surface area (Å²) in [5.41, 5.74) is 27.9. The average molecular weight is 879 g/mol. The second-order valence-corrected chi connectivity index (χ2v) is 23.3. The van der Waals surface area contributed by atoms with Crippen molar-refractivity contribution in [2.45, 2.75) is 90.9 Å². The zero-order valence-corrected chi connectivity index (χ0v) is 40.8. The molecule has 4 heteroatoms. The fraction of sp³-hybridized carbons (Fsp3) is 0.219. The van der Waals surface area contributed by atoms with Gasteiger partial charge in [0.25, 0.3) is 0 Å². The minimum atomic E-state index is -0.270. The molecule has 330 valence electrons. The number of benzene rings is 8. The normalized spacial score (nSPS) is 15.7. The molecule has 0 N–H and O–H groups in total. The number of anilines is 2. The smallest absolute Gasteiger partial charge is 0.333 e. The van der Waals surface area contributed by atoms with Crippen LogP contribution in [0.5, 0.6) is 0 Å². The molecular formula is C64H55BN2O. The van der Waals surface area contributed by atoms with Crippen molar-refractivity contribution >= 4 is 61.9 Å². The maximum absolute atomic E-state index is 6.70. The van der Waals surface area contributed by atoms with Gasteiger partial charge in [-0.2, -0.15) is 0 Å². The van der Waals surface area contributed by atoms with Crippen molar-refractivity contribution in [2.24, 2.45) is 0 Å². The maximum Gasteiger partial charge on any atom is 0.333 e. The monoisotopic (exact) mass is 878 g/mol. The van der Waals surface area contributed by atoms with Crippen molar-refractivity contribution in [2.75, 3.05) is 4.81 Å². The SMILES string of the molecule is CC(C)(C)c1ccc(N2B3c4cc5occ(-c6ccccc6)c5cc4-n4c5ccc(C(C)(C)C)cc5c5c6c(c(c3c54)-c3cc4c(cc32)C(C)(C)c2ccccc2-4)-c2ccccc2C6(C)C)cc1. The van der Waals surface area contributed by atoms with Crippen molar-refractivity contribution in [3.05, 3.63) is 185 Å². The van der Waals surface area contributed by atoms with Crippen LogP contribution >= 0.6 is 0 Å². The Morgan fingerprint density at radius 3 is 1.90 bits per heavy atom. The number of fused-ring (bicyclic) bond motifs is 17. The third kappa shape index (κ3) is 5.00. The zero-order chi connectivity index (χ0) is 46.6. The van der Waals surface area contributed by atoms with Gasteiger partial charge in [0, 0.05) is 55.2 Å². The number of furan rings is 1. The number of nitrogens with zero attached hydrogens (tertiary/aromatic N) is 2. The Kier molecular flexibility index (Phi) is 7.62. The Balaban J connectivity index is 1.22. The van der Waals surface area contributed by atoms with E-state index in [1.165, 1.54) is 117 Å². The van der Waals surface area contributed by atoms with Gasteiger partial charge in [-0.05, 0) is 137 Å². The number of rotatable bonds is 2. The van der Waals surface area contributed by atoms with Crippen molar-refractivity contribution in [3.63, 3.8) is 0 Å². The lowest BCUT2D eigenvalue weighted by atomic mass is 9.43. The van der Waals surface area contributed by atoms with E-state index in [1.807, 2.05) is 6.26 Å². The molecule has 2 aromatic heterocycles. The molecular weight excluding hydrogens is 824 g/mol. The molecule has 0 radical (unpaired) electrons. The van der Waals surface area contributed by atoms with E-state index in [4.69, 9.17) is 4.42 Å². The molecule has 0 unspecified atom stereocenters. The average Bonchev–Trinajstić information content (AvgIpc) is 4.02. The molecule has 0 bridgehead atoms. The summed E-state index contributed by atoms with van der Waals surface area (Å²) in [4.78, 5) is 2.72. The summed E-state index contributed by atoms with van der Waals surface area (Å²) in [6, 6.07) is 56.1. The fourth-order valence-electron chi connectivity index (χ4n) is 13.3. The van der Waals surface area contributed by atoms with Gasteiger partial charge in [0.15, 0.2) is 0 Å². The fourth-order valence-corrected chi connectivity index (χ4v) is 13.3. The van der Waals surface area contributed by atoms with E-state index >= 15 is 0 Å². The Morgan fingerprint density at radius 2 is 1.18 bits per heavy atom. The van der Waals surface area contributed by atoms with Gasteiger partial charge in [0.1, 0.15) is 5.58 Å². The molecule has 0 saturated carbocycles. The Morgan fingerprint density at radius 1 is 0.515 bits per heavy atom. The quantitative estimate of drug-likeness (QED) is 0.161. The molecule has 0 spiro atoms. The highest BCUT2D eigenvalue weighted by atomic mass is 16.3. The van der Waals surface area contributed by atoms with Crippen LogP contribution in [0.4, 0.5) is 11.4 Å². The first kappa shape index (κ1) is 40.1. The third-order valence-corrected chi connectivity index (χ3v) is 16.7. The summed E-state index contributed by atoms with van der Waals surface area (Å²) < 4.78 is 9.37. The summed E-state index contributed by atoms with van der Waals surface area (Å²) in [6.45, 7) is 23.6. The van der Waals surface area contributed by atoms with Crippen LogP contribution in [0.15, 0.2) is 156 Å². The largest absolute Gasteiger partial charge is 0.464 e. The number of aromatic nitrogens is 1. The highest BCUT2D eigenvalue weighted by molar-refractivity contribution is 6.94. The van der Waals surface area contributed by atoms with Crippen molar-refractivity contribution in [1.82, 2.24) is 4.57 Å². The van der Waals surface area contributed by atoms with E-state index in [9.17, 15) is 0 Å². The Hall–Kier alpha value is -7.04. The van der Waals surface area contributed by atoms with Gasteiger partial charge >= 0.3 is 6.85 Å². The lowest BCUT2D eigenvalue weighted by Crippen LogP contribution is -2.60. The van der Waals surface area contributed by atoms with Gasteiger partial charge < -0.3 is 13.8 Å². The first-order valence-corrected chi connectivity index (χ1v) is 24.6. The van der Waals surface area contributed by atoms with Gasteiger partial charge in [-0.3, -0.25) is 0 Å². The van der Waals surface area contributed by atoms with Crippen LogP contribution in [0.1, 0.15) is 103 Å². The van der Waals surface area contributed by atoms with Crippen molar-refractivity contribution < 1.29 is 4.42 Å². The first-order chi connectivity index (χ1) is 32.5. The summed E-state index contributed by atoms with van der Waals surface area (Å²) in [6.07, 6.45) is 1.97. The van der Waals surface area contributed by atoms with Gasteiger partial charge in [-0.15, -0.1) is 0 Å². The number of hydrogen-bond donors (Lipinski definition) is 0. The van der Waals surface area contributed by atoms with Crippen LogP contribution in [0.2, 0.25) is 0 Å². The van der Waals surface area contributed by atoms with Crippen LogP contribution < -0.4 is 15.7 Å². The molecule has 4 aliphatic rings. The van der Waals surface area contributed by atoms with Crippen molar-refractivity contribution in [3.8, 4) is 50.2 Å². The Labute approximate surface area is 400 Å². The molecule has 8 aromatic carbocycles. The van der Waals surface area contributed by atoms with Gasteiger partial charge in [0.2, 0.25) is 0 Å². The van der Waals surface area contributed by atoms with E-state index in [-0.39, 0.29) is 28.5 Å². The van der Waals surface area contributed by atoms with Gasteiger partial charge in [-0.1, -0.05) is 166 Å². The standard InChI is InChI=1S/C64H55BN2O/c1-61(2,3)37-24-27-39(28-25-37)67-52-33-49-42(40-20-14-16-22-47(40)63(49,7)8)31-45(52)56-55-41-21-15-17-23-48(41)64(9,10)58(55)57-44-30-38(62(4,5)6)26-29-51(44)66-53-32-43-46(36-18-12-11-13-19-36)35-68-54(43)34-50(53)65(67)59(56)60(57)66/h11-35H,1-10H3. The van der Waals surface area contributed by atoms with Crippen LogP contribution in [-0.2, 0) is 21.7 Å². The predicted molar refractivity (Wildman–Crippen MR) is 288 cm³/mol. The van der Waals surface area contributed by atoms with Crippen molar-refractivity contribution in [1.29, 1.82) is 0 Å². The van der Waals surface area contributed by atoms with E-state index in [0.717, 1.165) is 22.1 Å². The van der Waals surface area contributed by atoms with E-state index < -0.39 is 0 Å². The molecule has 0 amide bonds. The topological polar surface area (TPSA) is 21.3 Å². The molecule has 68 heavy (non-hydrogen) atoms. The molecule has 0 atom stereocenters. The molecule has 0 fully saturated rings. The van der Waals surface area contributed by atoms with E-state index in [0.29, 0.717) is 0 Å². The Bertz CT molecular complexity index is 3870. The minimum absolute atomic E-state index is 0.0140. The molecule has 2 aliphatic carbocycles. The second kappa shape index (κ2) is 12.9.